The van der Waals surface area contributed by atoms with Crippen LogP contribution >= 0.6 is 34.3 Å². The lowest BCUT2D eigenvalue weighted by Crippen LogP contribution is -2.13. The molecule has 27 heavy (non-hydrogen) atoms. The molecule has 5 nitrogen and oxygen atoms in total. The van der Waals surface area contributed by atoms with Crippen LogP contribution in [0.3, 0.4) is 0 Å². The SMILES string of the molecule is CCOc1ccccc1-c1csc(NC(=O)CCC(=O)c2ccc(Cl)s2)n1. The second kappa shape index (κ2) is 9.12. The first-order valence-corrected chi connectivity index (χ1v) is 10.4. The Hall–Kier alpha value is -2.22. The van der Waals surface area contributed by atoms with Gasteiger partial charge >= 0.3 is 0 Å². The van der Waals surface area contributed by atoms with E-state index in [2.05, 4.69) is 10.3 Å². The summed E-state index contributed by atoms with van der Waals surface area (Å²) in [6, 6.07) is 11.0. The molecule has 2 heterocycles. The summed E-state index contributed by atoms with van der Waals surface area (Å²) in [5, 5.41) is 5.11. The second-order valence-corrected chi connectivity index (χ2v) is 8.12. The molecule has 1 N–H and O–H groups in total. The standard InChI is InChI=1S/C19H17ClN2O3S2/c1-2-25-15-6-4-3-5-12(15)13-11-26-19(21-13)22-18(24)10-7-14(23)16-8-9-17(20)27-16/h3-6,8-9,11H,2,7,10H2,1H3,(H,21,22,24). The van der Waals surface area contributed by atoms with Crippen molar-refractivity contribution in [1.82, 2.24) is 4.98 Å². The molecule has 1 aromatic carbocycles. The lowest BCUT2D eigenvalue weighted by molar-refractivity contribution is -0.116. The summed E-state index contributed by atoms with van der Waals surface area (Å²) in [4.78, 5) is 29.2. The number of hydrogen-bond acceptors (Lipinski definition) is 6. The number of para-hydroxylation sites is 1. The maximum Gasteiger partial charge on any atom is 0.226 e. The molecular formula is C19H17ClN2O3S2. The van der Waals surface area contributed by atoms with E-state index in [4.69, 9.17) is 16.3 Å². The molecule has 0 fully saturated rings. The molecule has 0 aliphatic carbocycles. The Morgan fingerprint density at radius 2 is 2.00 bits per heavy atom. The Labute approximate surface area is 170 Å². The molecule has 0 saturated heterocycles. The van der Waals surface area contributed by atoms with Gasteiger partial charge in [-0.05, 0) is 31.2 Å². The monoisotopic (exact) mass is 420 g/mol. The van der Waals surface area contributed by atoms with Crippen molar-refractivity contribution in [2.75, 3.05) is 11.9 Å². The molecule has 3 rings (SSSR count). The van der Waals surface area contributed by atoms with Crippen LogP contribution in [0.25, 0.3) is 11.3 Å². The zero-order chi connectivity index (χ0) is 19.2. The Balaban J connectivity index is 1.59. The third kappa shape index (κ3) is 5.15. The normalized spacial score (nSPS) is 10.6. The van der Waals surface area contributed by atoms with Crippen LogP contribution in [0.1, 0.15) is 29.4 Å². The molecule has 3 aromatic rings. The minimum Gasteiger partial charge on any atom is -0.493 e. The predicted molar refractivity (Wildman–Crippen MR) is 110 cm³/mol. The molecule has 8 heteroatoms. The second-order valence-electron chi connectivity index (χ2n) is 5.54. The number of benzene rings is 1. The Morgan fingerprint density at radius 1 is 1.19 bits per heavy atom. The lowest BCUT2D eigenvalue weighted by atomic mass is 10.1. The third-order valence-corrected chi connectivity index (χ3v) is 5.67. The molecular weight excluding hydrogens is 404 g/mol. The van der Waals surface area contributed by atoms with E-state index >= 15 is 0 Å². The number of thiazole rings is 1. The summed E-state index contributed by atoms with van der Waals surface area (Å²) in [6.07, 6.45) is 0.229. The summed E-state index contributed by atoms with van der Waals surface area (Å²) in [5.41, 5.74) is 1.62. The number of nitrogens with one attached hydrogen (secondary N) is 1. The van der Waals surface area contributed by atoms with Crippen LogP contribution in [0.15, 0.2) is 41.8 Å². The highest BCUT2D eigenvalue weighted by atomic mass is 35.5. The number of hydrogen-bond donors (Lipinski definition) is 1. The smallest absolute Gasteiger partial charge is 0.226 e. The van der Waals surface area contributed by atoms with Gasteiger partial charge in [-0.1, -0.05) is 23.7 Å². The zero-order valence-electron chi connectivity index (χ0n) is 14.5. The number of rotatable bonds is 8. The first-order chi connectivity index (χ1) is 13.1. The van der Waals surface area contributed by atoms with E-state index < -0.39 is 0 Å². The average Bonchev–Trinajstić information content (AvgIpc) is 3.30. The van der Waals surface area contributed by atoms with E-state index in [1.165, 1.54) is 22.7 Å². The number of aromatic nitrogens is 1. The Bertz CT molecular complexity index is 952. The number of nitrogens with zero attached hydrogens (tertiary/aromatic N) is 1. The largest absolute Gasteiger partial charge is 0.493 e. The predicted octanol–water partition coefficient (Wildman–Crippen LogP) is 5.53. The number of anilines is 1. The number of amides is 1. The molecule has 0 radical (unpaired) electrons. The molecule has 0 unspecified atom stereocenters. The van der Waals surface area contributed by atoms with Crippen molar-refractivity contribution < 1.29 is 14.3 Å². The number of ether oxygens (including phenoxy) is 1. The fourth-order valence-corrected chi connectivity index (χ4v) is 4.15. The molecule has 0 bridgehead atoms. The number of carbonyl (C=O) groups is 2. The van der Waals surface area contributed by atoms with Gasteiger partial charge in [0.15, 0.2) is 10.9 Å². The van der Waals surface area contributed by atoms with Gasteiger partial charge in [0.1, 0.15) is 5.75 Å². The molecule has 140 valence electrons. The maximum atomic E-state index is 12.1. The van der Waals surface area contributed by atoms with Crippen LogP contribution in [0.4, 0.5) is 5.13 Å². The van der Waals surface area contributed by atoms with Crippen molar-refractivity contribution in [3.8, 4) is 17.0 Å². The van der Waals surface area contributed by atoms with Crippen LogP contribution in [-0.2, 0) is 4.79 Å². The molecule has 0 saturated carbocycles. The minimum absolute atomic E-state index is 0.0903. The van der Waals surface area contributed by atoms with Gasteiger partial charge in [-0.25, -0.2) is 4.98 Å². The highest BCUT2D eigenvalue weighted by Crippen LogP contribution is 2.32. The van der Waals surface area contributed by atoms with Gasteiger partial charge in [0.2, 0.25) is 5.91 Å². The van der Waals surface area contributed by atoms with Gasteiger partial charge in [-0.3, -0.25) is 9.59 Å². The Kier molecular flexibility index (Phi) is 6.60. The van der Waals surface area contributed by atoms with Gasteiger partial charge in [-0.15, -0.1) is 22.7 Å². The number of Topliss-reactive ketones (excluding diaryl/α,β-unsaturated/α-hetero) is 1. The molecule has 0 spiro atoms. The van der Waals surface area contributed by atoms with Crippen molar-refractivity contribution in [3.63, 3.8) is 0 Å². The van der Waals surface area contributed by atoms with E-state index in [0.29, 0.717) is 21.0 Å². The van der Waals surface area contributed by atoms with Crippen molar-refractivity contribution in [1.29, 1.82) is 0 Å². The van der Waals surface area contributed by atoms with Crippen LogP contribution < -0.4 is 10.1 Å². The van der Waals surface area contributed by atoms with Crippen LogP contribution in [0.5, 0.6) is 5.75 Å². The van der Waals surface area contributed by atoms with Gasteiger partial charge in [0, 0.05) is 23.8 Å². The first kappa shape index (κ1) is 19.5. The van der Waals surface area contributed by atoms with Crippen molar-refractivity contribution in [2.24, 2.45) is 0 Å². The van der Waals surface area contributed by atoms with Crippen molar-refractivity contribution in [2.45, 2.75) is 19.8 Å². The number of thiophene rings is 1. The number of carbonyl (C=O) groups excluding carboxylic acids is 2. The molecule has 2 aromatic heterocycles. The fraction of sp³-hybridized carbons (Fsp3) is 0.211. The van der Waals surface area contributed by atoms with Gasteiger partial charge in [0.05, 0.1) is 21.5 Å². The van der Waals surface area contributed by atoms with E-state index in [9.17, 15) is 9.59 Å². The molecule has 0 atom stereocenters. The quantitative estimate of drug-likeness (QED) is 0.487. The van der Waals surface area contributed by atoms with Crippen molar-refractivity contribution >= 4 is 51.1 Å². The fourth-order valence-electron chi connectivity index (χ4n) is 2.41. The number of halogens is 1. The van der Waals surface area contributed by atoms with Crippen LogP contribution in [0, 0.1) is 0 Å². The third-order valence-electron chi connectivity index (χ3n) is 3.64. The van der Waals surface area contributed by atoms with Gasteiger partial charge in [-0.2, -0.15) is 0 Å². The van der Waals surface area contributed by atoms with E-state index in [1.807, 2.05) is 36.6 Å². The molecule has 1 amide bonds. The summed E-state index contributed by atoms with van der Waals surface area (Å²) in [7, 11) is 0. The van der Waals surface area contributed by atoms with E-state index in [-0.39, 0.29) is 24.5 Å². The maximum absolute atomic E-state index is 12.1. The highest BCUT2D eigenvalue weighted by Gasteiger charge is 2.14. The van der Waals surface area contributed by atoms with E-state index in [1.54, 1.807) is 12.1 Å². The van der Waals surface area contributed by atoms with Gasteiger partial charge < -0.3 is 10.1 Å². The van der Waals surface area contributed by atoms with Crippen molar-refractivity contribution in [3.05, 3.63) is 51.0 Å². The topological polar surface area (TPSA) is 68.3 Å². The number of ketones is 1. The average molecular weight is 421 g/mol. The molecule has 0 aliphatic rings. The lowest BCUT2D eigenvalue weighted by Gasteiger charge is -2.07. The van der Waals surface area contributed by atoms with Crippen LogP contribution in [0.2, 0.25) is 4.34 Å². The first-order valence-electron chi connectivity index (χ1n) is 8.33. The molecule has 0 aliphatic heterocycles. The van der Waals surface area contributed by atoms with E-state index in [0.717, 1.165) is 17.0 Å². The van der Waals surface area contributed by atoms with Crippen LogP contribution in [-0.4, -0.2) is 23.3 Å². The summed E-state index contributed by atoms with van der Waals surface area (Å²) >= 11 is 8.38. The zero-order valence-corrected chi connectivity index (χ0v) is 16.9. The summed E-state index contributed by atoms with van der Waals surface area (Å²) in [5.74, 6) is 0.417. The minimum atomic E-state index is -0.245. The van der Waals surface area contributed by atoms with Gasteiger partial charge in [0.25, 0.3) is 0 Å². The summed E-state index contributed by atoms with van der Waals surface area (Å²) < 4.78 is 6.18. The highest BCUT2D eigenvalue weighted by molar-refractivity contribution is 7.18. The summed E-state index contributed by atoms with van der Waals surface area (Å²) in [6.45, 7) is 2.49. The Morgan fingerprint density at radius 3 is 2.74 bits per heavy atom.